The van der Waals surface area contributed by atoms with Crippen LogP contribution in [0.2, 0.25) is 0 Å². The molecule has 0 unspecified atom stereocenters. The largest absolute Gasteiger partial charge is 0.478 e. The summed E-state index contributed by atoms with van der Waals surface area (Å²) in [5.41, 5.74) is 1.78. The molecule has 0 spiro atoms. The number of hydrogen-bond acceptors (Lipinski definition) is 3. The molecule has 2 aromatic rings. The fraction of sp³-hybridized carbons (Fsp3) is 0. The third-order valence-corrected chi connectivity index (χ3v) is 4.13. The van der Waals surface area contributed by atoms with E-state index < -0.39 is 5.97 Å². The van der Waals surface area contributed by atoms with Gasteiger partial charge in [0.2, 0.25) is 5.78 Å². The Morgan fingerprint density at radius 3 is 2.40 bits per heavy atom. The second-order valence-corrected chi connectivity index (χ2v) is 5.45. The summed E-state index contributed by atoms with van der Waals surface area (Å²) in [6.07, 6.45) is 1.79. The average molecular weight is 282 g/mol. The van der Waals surface area contributed by atoms with Crippen molar-refractivity contribution in [1.29, 1.82) is 0 Å². The molecule has 1 heterocycles. The summed E-state index contributed by atoms with van der Waals surface area (Å²) < 4.78 is 0. The molecule has 2 aromatic carbocycles. The van der Waals surface area contributed by atoms with Crippen LogP contribution in [0.5, 0.6) is 0 Å². The lowest BCUT2D eigenvalue weighted by Gasteiger charge is -1.98. The van der Waals surface area contributed by atoms with Crippen molar-refractivity contribution in [2.24, 2.45) is 0 Å². The van der Waals surface area contributed by atoms with E-state index in [1.165, 1.54) is 23.9 Å². The van der Waals surface area contributed by atoms with Gasteiger partial charge in [-0.2, -0.15) is 0 Å². The second kappa shape index (κ2) is 4.98. The molecule has 0 aliphatic carbocycles. The minimum atomic E-state index is -0.956. The first-order valence-electron chi connectivity index (χ1n) is 6.02. The van der Waals surface area contributed by atoms with Gasteiger partial charge in [-0.25, -0.2) is 4.79 Å². The van der Waals surface area contributed by atoms with Gasteiger partial charge in [0.05, 0.1) is 10.5 Å². The van der Waals surface area contributed by atoms with Crippen molar-refractivity contribution in [3.05, 3.63) is 70.1 Å². The number of thioether (sulfide) groups is 1. The highest BCUT2D eigenvalue weighted by Crippen LogP contribution is 2.40. The molecule has 20 heavy (non-hydrogen) atoms. The fourth-order valence-electron chi connectivity index (χ4n) is 2.01. The number of Topliss-reactive ketones (excluding diaryl/α,β-unsaturated/α-hetero) is 1. The van der Waals surface area contributed by atoms with Crippen LogP contribution < -0.4 is 0 Å². The van der Waals surface area contributed by atoms with Crippen LogP contribution in [0, 0.1) is 0 Å². The van der Waals surface area contributed by atoms with Crippen LogP contribution in [0.3, 0.4) is 0 Å². The standard InChI is InChI=1S/C16H10O3S/c17-15-12-3-1-2-4-13(12)20-14(15)9-10-5-7-11(8-6-10)16(18)19/h1-9H,(H,18,19). The summed E-state index contributed by atoms with van der Waals surface area (Å²) in [6, 6.07) is 14.0. The molecule has 0 saturated carbocycles. The minimum absolute atomic E-state index is 0.0212. The van der Waals surface area contributed by atoms with Gasteiger partial charge < -0.3 is 5.11 Å². The summed E-state index contributed by atoms with van der Waals surface area (Å²) in [5, 5.41) is 8.85. The van der Waals surface area contributed by atoms with Gasteiger partial charge in [-0.3, -0.25) is 4.79 Å². The predicted octanol–water partition coefficient (Wildman–Crippen LogP) is 3.71. The molecule has 1 aliphatic heterocycles. The van der Waals surface area contributed by atoms with Crippen LogP contribution in [0.4, 0.5) is 0 Å². The van der Waals surface area contributed by atoms with Crippen LogP contribution in [0.25, 0.3) is 6.08 Å². The fourth-order valence-corrected chi connectivity index (χ4v) is 3.06. The predicted molar refractivity (Wildman–Crippen MR) is 78.0 cm³/mol. The highest BCUT2D eigenvalue weighted by molar-refractivity contribution is 8.04. The highest BCUT2D eigenvalue weighted by Gasteiger charge is 2.24. The van der Waals surface area contributed by atoms with Crippen LogP contribution >= 0.6 is 11.8 Å². The van der Waals surface area contributed by atoms with Gasteiger partial charge in [0.15, 0.2) is 0 Å². The van der Waals surface area contributed by atoms with Gasteiger partial charge in [0.25, 0.3) is 0 Å². The number of ketones is 1. The maximum Gasteiger partial charge on any atom is 0.335 e. The maximum absolute atomic E-state index is 12.2. The minimum Gasteiger partial charge on any atom is -0.478 e. The Morgan fingerprint density at radius 1 is 1.05 bits per heavy atom. The summed E-state index contributed by atoms with van der Waals surface area (Å²) in [4.78, 5) is 24.6. The summed E-state index contributed by atoms with van der Waals surface area (Å²) in [6.45, 7) is 0. The van der Waals surface area contributed by atoms with Gasteiger partial charge in [0, 0.05) is 10.5 Å². The number of aromatic carboxylic acids is 1. The number of carboxylic acids is 1. The molecule has 0 atom stereocenters. The summed E-state index contributed by atoms with van der Waals surface area (Å²) in [7, 11) is 0. The first-order chi connectivity index (χ1) is 9.65. The topological polar surface area (TPSA) is 54.4 Å². The van der Waals surface area contributed by atoms with Crippen LogP contribution in [-0.4, -0.2) is 16.9 Å². The molecule has 98 valence electrons. The molecule has 1 N–H and O–H groups in total. The number of carbonyl (C=O) groups is 2. The van der Waals surface area contributed by atoms with Gasteiger partial charge in [0.1, 0.15) is 0 Å². The second-order valence-electron chi connectivity index (χ2n) is 4.36. The smallest absolute Gasteiger partial charge is 0.335 e. The average Bonchev–Trinajstić information content (AvgIpc) is 2.77. The normalized spacial score (nSPS) is 15.4. The Labute approximate surface area is 119 Å². The number of carbonyl (C=O) groups excluding carboxylic acids is 1. The Bertz CT molecular complexity index is 730. The monoisotopic (exact) mass is 282 g/mol. The number of allylic oxidation sites excluding steroid dienone is 1. The molecule has 0 aromatic heterocycles. The van der Waals surface area contributed by atoms with Crippen molar-refractivity contribution in [2.45, 2.75) is 4.90 Å². The van der Waals surface area contributed by atoms with Crippen molar-refractivity contribution in [3.8, 4) is 0 Å². The lowest BCUT2D eigenvalue weighted by Crippen LogP contribution is -1.96. The van der Waals surface area contributed by atoms with Crippen LogP contribution in [0.1, 0.15) is 26.3 Å². The third-order valence-electron chi connectivity index (χ3n) is 3.03. The molecular weight excluding hydrogens is 272 g/mol. The Morgan fingerprint density at radius 2 is 1.75 bits per heavy atom. The van der Waals surface area contributed by atoms with Crippen molar-refractivity contribution < 1.29 is 14.7 Å². The van der Waals surface area contributed by atoms with Gasteiger partial charge >= 0.3 is 5.97 Å². The number of rotatable bonds is 2. The number of carboxylic acid groups (broad SMARTS) is 1. The third kappa shape index (κ3) is 2.26. The zero-order valence-electron chi connectivity index (χ0n) is 10.4. The van der Waals surface area contributed by atoms with Gasteiger partial charge in [-0.1, -0.05) is 36.0 Å². The number of hydrogen-bond donors (Lipinski definition) is 1. The maximum atomic E-state index is 12.2. The molecular formula is C16H10O3S. The Hall–Kier alpha value is -2.33. The van der Waals surface area contributed by atoms with E-state index in [4.69, 9.17) is 5.11 Å². The van der Waals surface area contributed by atoms with E-state index in [1.807, 2.05) is 24.3 Å². The van der Waals surface area contributed by atoms with Crippen molar-refractivity contribution in [3.63, 3.8) is 0 Å². The van der Waals surface area contributed by atoms with Crippen molar-refractivity contribution in [2.75, 3.05) is 0 Å². The van der Waals surface area contributed by atoms with E-state index in [1.54, 1.807) is 18.2 Å². The molecule has 0 saturated heterocycles. The van der Waals surface area contributed by atoms with E-state index >= 15 is 0 Å². The van der Waals surface area contributed by atoms with Crippen LogP contribution in [0.15, 0.2) is 58.3 Å². The van der Waals surface area contributed by atoms with E-state index in [0.717, 1.165) is 16.0 Å². The molecule has 0 fully saturated rings. The molecule has 0 radical (unpaired) electrons. The SMILES string of the molecule is O=C(O)c1ccc(C=C2Sc3ccccc3C2=O)cc1. The lowest BCUT2D eigenvalue weighted by molar-refractivity contribution is 0.0696. The number of benzene rings is 2. The summed E-state index contributed by atoms with van der Waals surface area (Å²) in [5.74, 6) is -0.934. The lowest BCUT2D eigenvalue weighted by atomic mass is 10.1. The van der Waals surface area contributed by atoms with E-state index in [9.17, 15) is 9.59 Å². The molecule has 4 heteroatoms. The van der Waals surface area contributed by atoms with Gasteiger partial charge in [-0.05, 0) is 35.9 Å². The summed E-state index contributed by atoms with van der Waals surface area (Å²) >= 11 is 1.44. The zero-order valence-corrected chi connectivity index (χ0v) is 11.2. The number of fused-ring (bicyclic) bond motifs is 1. The Balaban J connectivity index is 1.91. The van der Waals surface area contributed by atoms with Crippen molar-refractivity contribution >= 4 is 29.6 Å². The molecule has 3 rings (SSSR count). The van der Waals surface area contributed by atoms with Crippen molar-refractivity contribution in [1.82, 2.24) is 0 Å². The quantitative estimate of drug-likeness (QED) is 0.853. The molecule has 0 amide bonds. The Kier molecular flexibility index (Phi) is 3.16. The van der Waals surface area contributed by atoms with Crippen LogP contribution in [-0.2, 0) is 0 Å². The highest BCUT2D eigenvalue weighted by atomic mass is 32.2. The van der Waals surface area contributed by atoms with Gasteiger partial charge in [-0.15, -0.1) is 0 Å². The molecule has 3 nitrogen and oxygen atoms in total. The van der Waals surface area contributed by atoms with E-state index in [0.29, 0.717) is 4.91 Å². The van der Waals surface area contributed by atoms with E-state index in [2.05, 4.69) is 0 Å². The van der Waals surface area contributed by atoms with E-state index in [-0.39, 0.29) is 11.3 Å². The molecule has 1 aliphatic rings. The molecule has 0 bridgehead atoms. The first kappa shape index (κ1) is 12.7. The zero-order chi connectivity index (χ0) is 14.1. The first-order valence-corrected chi connectivity index (χ1v) is 6.83.